The number of amides is 1. The van der Waals surface area contributed by atoms with Gasteiger partial charge >= 0.3 is 5.97 Å². The number of carbonyl (C=O) groups excluding carboxylic acids is 1. The lowest BCUT2D eigenvalue weighted by Crippen LogP contribution is -2.38. The van der Waals surface area contributed by atoms with Crippen molar-refractivity contribution in [2.45, 2.75) is 43.7 Å². The molecule has 2 N–H and O–H groups in total. The molecule has 7 nitrogen and oxygen atoms in total. The molecule has 2 aliphatic rings. The summed E-state index contributed by atoms with van der Waals surface area (Å²) < 4.78 is 15.9. The van der Waals surface area contributed by atoms with E-state index in [9.17, 15) is 9.59 Å². The SMILES string of the molecule is CO[C@@H](CNC(=O)CC1CC2OCCC2O1)C(=O)O. The summed E-state index contributed by atoms with van der Waals surface area (Å²) in [5.74, 6) is -1.32. The van der Waals surface area contributed by atoms with E-state index in [0.717, 1.165) is 19.4 Å². The maximum absolute atomic E-state index is 11.7. The number of aliphatic carboxylic acids is 1. The van der Waals surface area contributed by atoms with Crippen LogP contribution in [0.4, 0.5) is 0 Å². The Kier molecular flexibility index (Phi) is 4.73. The molecule has 2 heterocycles. The quantitative estimate of drug-likeness (QED) is 0.680. The van der Waals surface area contributed by atoms with Gasteiger partial charge in [-0.25, -0.2) is 4.79 Å². The Morgan fingerprint density at radius 1 is 1.47 bits per heavy atom. The highest BCUT2D eigenvalue weighted by Gasteiger charge is 2.40. The van der Waals surface area contributed by atoms with Gasteiger partial charge in [0.15, 0.2) is 6.10 Å². The van der Waals surface area contributed by atoms with Crippen LogP contribution in [0, 0.1) is 0 Å². The summed E-state index contributed by atoms with van der Waals surface area (Å²) in [6.07, 6.45) is 0.911. The predicted octanol–water partition coefficient (Wildman–Crippen LogP) is -0.461. The number of ether oxygens (including phenoxy) is 3. The lowest BCUT2D eigenvalue weighted by atomic mass is 10.1. The topological polar surface area (TPSA) is 94.1 Å². The van der Waals surface area contributed by atoms with Crippen LogP contribution in [0.1, 0.15) is 19.3 Å². The van der Waals surface area contributed by atoms with Crippen LogP contribution >= 0.6 is 0 Å². The van der Waals surface area contributed by atoms with Crippen LogP contribution < -0.4 is 5.32 Å². The van der Waals surface area contributed by atoms with Crippen LogP contribution in [0.25, 0.3) is 0 Å². The third-order valence-electron chi connectivity index (χ3n) is 3.47. The molecule has 0 aliphatic carbocycles. The molecule has 0 aromatic heterocycles. The number of carbonyl (C=O) groups is 2. The van der Waals surface area contributed by atoms with Crippen LogP contribution in [0.5, 0.6) is 0 Å². The van der Waals surface area contributed by atoms with Crippen molar-refractivity contribution < 1.29 is 28.9 Å². The summed E-state index contributed by atoms with van der Waals surface area (Å²) in [7, 11) is 1.30. The summed E-state index contributed by atoms with van der Waals surface area (Å²) in [6.45, 7) is 0.684. The fourth-order valence-electron chi connectivity index (χ4n) is 2.45. The van der Waals surface area contributed by atoms with Crippen molar-refractivity contribution in [1.29, 1.82) is 0 Å². The van der Waals surface area contributed by atoms with E-state index < -0.39 is 12.1 Å². The maximum atomic E-state index is 11.7. The van der Waals surface area contributed by atoms with Gasteiger partial charge in [0.1, 0.15) is 0 Å². The molecular weight excluding hydrogens is 254 g/mol. The Bertz CT molecular complexity index is 335. The van der Waals surface area contributed by atoms with Gasteiger partial charge in [0, 0.05) is 20.1 Å². The van der Waals surface area contributed by atoms with Gasteiger partial charge in [-0.15, -0.1) is 0 Å². The molecule has 0 spiro atoms. The highest BCUT2D eigenvalue weighted by atomic mass is 16.6. The molecule has 2 saturated heterocycles. The van der Waals surface area contributed by atoms with Gasteiger partial charge in [0.2, 0.25) is 5.91 Å². The Balaban J connectivity index is 1.69. The second-order valence-electron chi connectivity index (χ2n) is 4.80. The normalized spacial score (nSPS) is 30.9. The van der Waals surface area contributed by atoms with Crippen molar-refractivity contribution in [2.24, 2.45) is 0 Å². The monoisotopic (exact) mass is 273 g/mol. The minimum atomic E-state index is -1.09. The summed E-state index contributed by atoms with van der Waals surface area (Å²) in [6, 6.07) is 0. The molecule has 108 valence electrons. The molecule has 0 saturated carbocycles. The summed E-state index contributed by atoms with van der Waals surface area (Å²) in [5, 5.41) is 11.3. The first-order valence-corrected chi connectivity index (χ1v) is 6.39. The second kappa shape index (κ2) is 6.31. The zero-order valence-corrected chi connectivity index (χ0v) is 10.8. The number of nitrogens with one attached hydrogen (secondary N) is 1. The standard InChI is InChI=1S/C12H19NO6/c1-17-10(12(15)16)6-13-11(14)5-7-4-9-8(19-7)2-3-18-9/h7-10H,2-6H2,1H3,(H,13,14)(H,15,16)/t7?,8?,9?,10-/m0/s1. The third kappa shape index (κ3) is 3.65. The fraction of sp³-hybridized carbons (Fsp3) is 0.833. The van der Waals surface area contributed by atoms with Crippen molar-refractivity contribution in [1.82, 2.24) is 5.32 Å². The van der Waals surface area contributed by atoms with E-state index in [4.69, 9.17) is 19.3 Å². The number of rotatable bonds is 6. The van der Waals surface area contributed by atoms with Crippen molar-refractivity contribution in [3.05, 3.63) is 0 Å². The van der Waals surface area contributed by atoms with Crippen LogP contribution in [-0.2, 0) is 23.8 Å². The molecule has 7 heteroatoms. The van der Waals surface area contributed by atoms with Crippen molar-refractivity contribution >= 4 is 11.9 Å². The van der Waals surface area contributed by atoms with Crippen LogP contribution in [-0.4, -0.2) is 61.7 Å². The molecule has 19 heavy (non-hydrogen) atoms. The first-order valence-electron chi connectivity index (χ1n) is 6.39. The van der Waals surface area contributed by atoms with E-state index in [1.165, 1.54) is 7.11 Å². The highest BCUT2D eigenvalue weighted by Crippen LogP contribution is 2.31. The van der Waals surface area contributed by atoms with Gasteiger partial charge in [-0.3, -0.25) is 4.79 Å². The van der Waals surface area contributed by atoms with Crippen LogP contribution in [0.15, 0.2) is 0 Å². The van der Waals surface area contributed by atoms with Gasteiger partial charge < -0.3 is 24.6 Å². The number of carboxylic acid groups (broad SMARTS) is 1. The van der Waals surface area contributed by atoms with Crippen molar-refractivity contribution in [3.63, 3.8) is 0 Å². The van der Waals surface area contributed by atoms with E-state index >= 15 is 0 Å². The van der Waals surface area contributed by atoms with E-state index in [1.807, 2.05) is 0 Å². The first-order chi connectivity index (χ1) is 9.10. The number of hydrogen-bond donors (Lipinski definition) is 2. The highest BCUT2D eigenvalue weighted by molar-refractivity contribution is 5.78. The lowest BCUT2D eigenvalue weighted by molar-refractivity contribution is -0.148. The number of carboxylic acids is 1. The van der Waals surface area contributed by atoms with Crippen LogP contribution in [0.2, 0.25) is 0 Å². The molecule has 2 aliphatic heterocycles. The van der Waals surface area contributed by atoms with Gasteiger partial charge in [-0.1, -0.05) is 0 Å². The summed E-state index contributed by atoms with van der Waals surface area (Å²) >= 11 is 0. The number of fused-ring (bicyclic) bond motifs is 1. The minimum Gasteiger partial charge on any atom is -0.479 e. The number of hydrogen-bond acceptors (Lipinski definition) is 5. The molecule has 2 fully saturated rings. The number of methoxy groups -OCH3 is 1. The molecule has 0 bridgehead atoms. The smallest absolute Gasteiger partial charge is 0.334 e. The van der Waals surface area contributed by atoms with Crippen molar-refractivity contribution in [3.8, 4) is 0 Å². The average molecular weight is 273 g/mol. The summed E-state index contributed by atoms with van der Waals surface area (Å²) in [5.41, 5.74) is 0. The van der Waals surface area contributed by atoms with Crippen LogP contribution in [0.3, 0.4) is 0 Å². The van der Waals surface area contributed by atoms with Crippen molar-refractivity contribution in [2.75, 3.05) is 20.3 Å². The van der Waals surface area contributed by atoms with Gasteiger partial charge in [0.05, 0.1) is 31.3 Å². The zero-order chi connectivity index (χ0) is 13.8. The molecular formula is C12H19NO6. The first kappa shape index (κ1) is 14.2. The molecule has 3 unspecified atom stereocenters. The Morgan fingerprint density at radius 3 is 2.89 bits per heavy atom. The minimum absolute atomic E-state index is 0.0409. The third-order valence-corrected chi connectivity index (χ3v) is 3.47. The molecule has 0 radical (unpaired) electrons. The fourth-order valence-corrected chi connectivity index (χ4v) is 2.45. The Hall–Kier alpha value is -1.18. The summed E-state index contributed by atoms with van der Waals surface area (Å²) in [4.78, 5) is 22.4. The molecule has 4 atom stereocenters. The lowest BCUT2D eigenvalue weighted by Gasteiger charge is -2.14. The predicted molar refractivity (Wildman–Crippen MR) is 63.7 cm³/mol. The van der Waals surface area contributed by atoms with E-state index in [2.05, 4.69) is 5.32 Å². The van der Waals surface area contributed by atoms with Gasteiger partial charge in [-0.05, 0) is 6.42 Å². The molecule has 0 aromatic carbocycles. The zero-order valence-electron chi connectivity index (χ0n) is 10.8. The molecule has 0 aromatic rings. The van der Waals surface area contributed by atoms with Gasteiger partial charge in [-0.2, -0.15) is 0 Å². The second-order valence-corrected chi connectivity index (χ2v) is 4.80. The molecule has 2 rings (SSSR count). The van der Waals surface area contributed by atoms with E-state index in [1.54, 1.807) is 0 Å². The average Bonchev–Trinajstić information content (AvgIpc) is 2.89. The molecule has 1 amide bonds. The van der Waals surface area contributed by atoms with E-state index in [-0.39, 0.29) is 37.2 Å². The Labute approximate surface area is 111 Å². The van der Waals surface area contributed by atoms with Gasteiger partial charge in [0.25, 0.3) is 0 Å². The van der Waals surface area contributed by atoms with E-state index in [0.29, 0.717) is 0 Å². The maximum Gasteiger partial charge on any atom is 0.334 e. The largest absolute Gasteiger partial charge is 0.479 e. The Morgan fingerprint density at radius 2 is 2.26 bits per heavy atom.